The van der Waals surface area contributed by atoms with Crippen molar-refractivity contribution in [3.8, 4) is 22.1 Å². The van der Waals surface area contributed by atoms with Gasteiger partial charge >= 0.3 is 0 Å². The maximum atomic E-state index is 13.4. The lowest BCUT2D eigenvalue weighted by atomic mass is 10.0. The molecule has 1 aromatic heterocycles. The molecule has 0 spiro atoms. The minimum Gasteiger partial charge on any atom is -0.497 e. The lowest BCUT2D eigenvalue weighted by Crippen LogP contribution is -2.45. The van der Waals surface area contributed by atoms with Gasteiger partial charge in [-0.25, -0.2) is 0 Å². The highest BCUT2D eigenvalue weighted by atomic mass is 32.1. The van der Waals surface area contributed by atoms with E-state index in [1.54, 1.807) is 18.2 Å². The number of carbonyl (C=O) groups is 2. The summed E-state index contributed by atoms with van der Waals surface area (Å²) in [6.45, 7) is 0. The summed E-state index contributed by atoms with van der Waals surface area (Å²) in [6, 6.07) is 21.4. The molecule has 0 saturated carbocycles. The summed E-state index contributed by atoms with van der Waals surface area (Å²) in [5, 5.41) is 15.1. The summed E-state index contributed by atoms with van der Waals surface area (Å²) in [5.41, 5.74) is 3.15. The highest BCUT2D eigenvalue weighted by Gasteiger charge is 2.25. The van der Waals surface area contributed by atoms with Crippen LogP contribution in [0.3, 0.4) is 0 Å². The highest BCUT2D eigenvalue weighted by Crippen LogP contribution is 2.28. The molecular formula is C28H29N5O4S. The molecular weight excluding hydrogens is 502 g/mol. The van der Waals surface area contributed by atoms with Crippen LogP contribution in [-0.2, 0) is 11.2 Å². The molecule has 3 aromatic carbocycles. The predicted molar refractivity (Wildman–Crippen MR) is 149 cm³/mol. The maximum absolute atomic E-state index is 13.4. The molecule has 0 bridgehead atoms. The average Bonchev–Trinajstić information content (AvgIpc) is 3.41. The number of carbonyl (C=O) groups excluding carboxylic acids is 2. The third-order valence-corrected chi connectivity index (χ3v) is 6.73. The van der Waals surface area contributed by atoms with E-state index in [0.29, 0.717) is 27.2 Å². The van der Waals surface area contributed by atoms with E-state index >= 15 is 0 Å². The van der Waals surface area contributed by atoms with E-state index in [-0.39, 0.29) is 6.42 Å². The number of anilines is 2. The number of aromatic nitrogens is 2. The van der Waals surface area contributed by atoms with Crippen molar-refractivity contribution in [2.75, 3.05) is 38.5 Å². The third-order valence-electron chi connectivity index (χ3n) is 5.84. The van der Waals surface area contributed by atoms with Crippen LogP contribution >= 0.6 is 11.3 Å². The zero-order valence-electron chi connectivity index (χ0n) is 21.6. The number of rotatable bonds is 10. The second-order valence-corrected chi connectivity index (χ2v) is 9.60. The van der Waals surface area contributed by atoms with Gasteiger partial charge in [0.05, 0.1) is 19.8 Å². The first-order valence-corrected chi connectivity index (χ1v) is 12.7. The van der Waals surface area contributed by atoms with Crippen molar-refractivity contribution in [3.05, 3.63) is 83.9 Å². The van der Waals surface area contributed by atoms with Crippen molar-refractivity contribution >= 4 is 34.0 Å². The molecule has 2 N–H and O–H groups in total. The fourth-order valence-electron chi connectivity index (χ4n) is 3.77. The van der Waals surface area contributed by atoms with Gasteiger partial charge in [0.25, 0.3) is 5.91 Å². The number of benzene rings is 3. The number of nitrogens with one attached hydrogen (secondary N) is 2. The molecule has 196 valence electrons. The van der Waals surface area contributed by atoms with Crippen LogP contribution in [0.25, 0.3) is 10.6 Å². The molecule has 0 aliphatic heterocycles. The maximum Gasteiger partial charge on any atom is 0.255 e. The molecule has 10 heteroatoms. The summed E-state index contributed by atoms with van der Waals surface area (Å²) in [4.78, 5) is 28.6. The van der Waals surface area contributed by atoms with Crippen LogP contribution in [0, 0.1) is 0 Å². The van der Waals surface area contributed by atoms with Crippen molar-refractivity contribution in [1.29, 1.82) is 0 Å². The first-order valence-electron chi connectivity index (χ1n) is 11.9. The van der Waals surface area contributed by atoms with Gasteiger partial charge in [0.2, 0.25) is 11.0 Å². The lowest BCUT2D eigenvalue weighted by molar-refractivity contribution is -0.118. The Hall–Kier alpha value is -4.44. The number of ether oxygens (including phenoxy) is 2. The van der Waals surface area contributed by atoms with E-state index in [1.165, 1.54) is 25.6 Å². The molecule has 0 saturated heterocycles. The van der Waals surface area contributed by atoms with Crippen LogP contribution in [0.1, 0.15) is 15.9 Å². The Labute approximate surface area is 225 Å². The van der Waals surface area contributed by atoms with Crippen LogP contribution in [0.5, 0.6) is 11.5 Å². The highest BCUT2D eigenvalue weighted by molar-refractivity contribution is 7.18. The molecule has 1 atom stereocenters. The Balaban J connectivity index is 1.53. The average molecular weight is 532 g/mol. The van der Waals surface area contributed by atoms with Gasteiger partial charge in [-0.05, 0) is 42.0 Å². The molecule has 4 aromatic rings. The second kappa shape index (κ2) is 12.2. The molecule has 0 fully saturated rings. The van der Waals surface area contributed by atoms with Gasteiger partial charge in [0.15, 0.2) is 0 Å². The summed E-state index contributed by atoms with van der Waals surface area (Å²) in [6.07, 6.45) is 0.286. The molecule has 0 radical (unpaired) electrons. The van der Waals surface area contributed by atoms with Gasteiger partial charge in [0.1, 0.15) is 22.5 Å². The third kappa shape index (κ3) is 6.46. The fourth-order valence-corrected chi connectivity index (χ4v) is 4.52. The Morgan fingerprint density at radius 2 is 1.68 bits per heavy atom. The monoisotopic (exact) mass is 531 g/mol. The van der Waals surface area contributed by atoms with Gasteiger partial charge in [-0.3, -0.25) is 14.9 Å². The molecule has 1 unspecified atom stereocenters. The smallest absolute Gasteiger partial charge is 0.255 e. The Kier molecular flexibility index (Phi) is 8.55. The standard InChI is InChI=1S/C28H29N5O4S/c1-33(2)20-12-10-19(11-13-20)27-31-32-28(38-27)30-26(35)23(16-18-8-6-5-7-9-18)29-25(34)22-15-14-21(36-3)17-24(22)37-4/h5-15,17,23H,16H2,1-4H3,(H,29,34)(H,30,32,35). The second-order valence-electron chi connectivity index (χ2n) is 8.62. The van der Waals surface area contributed by atoms with Gasteiger partial charge in [-0.2, -0.15) is 0 Å². The molecule has 1 heterocycles. The normalized spacial score (nSPS) is 11.4. The zero-order chi connectivity index (χ0) is 27.1. The van der Waals surface area contributed by atoms with Crippen LogP contribution < -0.4 is 25.0 Å². The van der Waals surface area contributed by atoms with Crippen molar-refractivity contribution in [3.63, 3.8) is 0 Å². The first-order chi connectivity index (χ1) is 18.4. The largest absolute Gasteiger partial charge is 0.497 e. The Morgan fingerprint density at radius 1 is 0.947 bits per heavy atom. The number of hydrogen-bond donors (Lipinski definition) is 2. The van der Waals surface area contributed by atoms with E-state index in [9.17, 15) is 9.59 Å². The van der Waals surface area contributed by atoms with E-state index in [2.05, 4.69) is 20.8 Å². The van der Waals surface area contributed by atoms with Crippen molar-refractivity contribution in [2.45, 2.75) is 12.5 Å². The zero-order valence-corrected chi connectivity index (χ0v) is 22.4. The number of amides is 2. The SMILES string of the molecule is COc1ccc(C(=O)NC(Cc2ccccc2)C(=O)Nc2nnc(-c3ccc(N(C)C)cc3)s2)c(OC)c1. The topological polar surface area (TPSA) is 106 Å². The minimum absolute atomic E-state index is 0.286. The van der Waals surface area contributed by atoms with Crippen LogP contribution in [0.4, 0.5) is 10.8 Å². The van der Waals surface area contributed by atoms with E-state index < -0.39 is 17.9 Å². The predicted octanol–water partition coefficient (Wildman–Crippen LogP) is 4.27. The molecule has 9 nitrogen and oxygen atoms in total. The van der Waals surface area contributed by atoms with Gasteiger partial charge < -0.3 is 19.7 Å². The van der Waals surface area contributed by atoms with E-state index in [1.807, 2.05) is 73.6 Å². The first kappa shape index (κ1) is 26.6. The van der Waals surface area contributed by atoms with Gasteiger partial charge in [-0.1, -0.05) is 41.7 Å². The van der Waals surface area contributed by atoms with E-state index in [0.717, 1.165) is 16.8 Å². The van der Waals surface area contributed by atoms with Crippen LogP contribution in [-0.4, -0.2) is 56.4 Å². The summed E-state index contributed by atoms with van der Waals surface area (Å²) in [5.74, 6) is 0.0510. The lowest BCUT2D eigenvalue weighted by Gasteiger charge is -2.19. The number of methoxy groups -OCH3 is 2. The quantitative estimate of drug-likeness (QED) is 0.315. The molecule has 38 heavy (non-hydrogen) atoms. The fraction of sp³-hybridized carbons (Fsp3) is 0.214. The van der Waals surface area contributed by atoms with Crippen LogP contribution in [0.15, 0.2) is 72.8 Å². The minimum atomic E-state index is -0.872. The molecule has 2 amide bonds. The Morgan fingerprint density at radius 3 is 2.34 bits per heavy atom. The summed E-state index contributed by atoms with van der Waals surface area (Å²) >= 11 is 1.26. The van der Waals surface area contributed by atoms with E-state index in [4.69, 9.17) is 9.47 Å². The number of nitrogens with zero attached hydrogens (tertiary/aromatic N) is 3. The Bertz CT molecular complexity index is 1390. The number of hydrogen-bond acceptors (Lipinski definition) is 8. The van der Waals surface area contributed by atoms with Crippen molar-refractivity contribution in [2.24, 2.45) is 0 Å². The van der Waals surface area contributed by atoms with Crippen molar-refractivity contribution < 1.29 is 19.1 Å². The van der Waals surface area contributed by atoms with Gasteiger partial charge in [-0.15, -0.1) is 10.2 Å². The summed E-state index contributed by atoms with van der Waals surface area (Å²) < 4.78 is 10.6. The molecule has 4 rings (SSSR count). The van der Waals surface area contributed by atoms with Crippen LogP contribution in [0.2, 0.25) is 0 Å². The summed E-state index contributed by atoms with van der Waals surface area (Å²) in [7, 11) is 6.96. The van der Waals surface area contributed by atoms with Gasteiger partial charge in [0, 0.05) is 37.8 Å². The molecule has 0 aliphatic rings. The molecule has 0 aliphatic carbocycles. The van der Waals surface area contributed by atoms with Crippen molar-refractivity contribution in [1.82, 2.24) is 15.5 Å².